The maximum atomic E-state index is 14.0. The molecule has 3 aromatic carbocycles. The molecule has 0 radical (unpaired) electrons. The van der Waals surface area contributed by atoms with Gasteiger partial charge in [0.1, 0.15) is 18.4 Å². The first-order valence-corrected chi connectivity index (χ1v) is 15.0. The average molecular weight is 628 g/mol. The van der Waals surface area contributed by atoms with E-state index >= 15 is 0 Å². The molecule has 0 aliphatic rings. The number of benzene rings is 3. The molecule has 42 heavy (non-hydrogen) atoms. The van der Waals surface area contributed by atoms with Gasteiger partial charge >= 0.3 is 6.18 Å². The summed E-state index contributed by atoms with van der Waals surface area (Å²) in [6.45, 7) is 2.27. The van der Waals surface area contributed by atoms with E-state index in [9.17, 15) is 35.6 Å². The topological polar surface area (TPSA) is 86.8 Å². The number of hydrogen-bond acceptors (Lipinski definition) is 4. The Balaban J connectivity index is 2.11. The number of halogens is 5. The van der Waals surface area contributed by atoms with Crippen molar-refractivity contribution in [1.29, 1.82) is 0 Å². The lowest BCUT2D eigenvalue weighted by Gasteiger charge is -2.34. The molecule has 0 heterocycles. The summed E-state index contributed by atoms with van der Waals surface area (Å²) in [5, 5.41) is 2.44. The Bertz CT molecular complexity index is 1500. The number of hydrogen-bond donors (Lipinski definition) is 1. The highest BCUT2D eigenvalue weighted by molar-refractivity contribution is 7.92. The summed E-state index contributed by atoms with van der Waals surface area (Å²) in [6.07, 6.45) is -4.04. The second kappa shape index (κ2) is 13.6. The van der Waals surface area contributed by atoms with Gasteiger partial charge in [0.15, 0.2) is 0 Å². The minimum absolute atomic E-state index is 0.0372. The molecule has 7 nitrogen and oxygen atoms in total. The first kappa shape index (κ1) is 32.9. The highest BCUT2D eigenvalue weighted by Gasteiger charge is 2.36. The van der Waals surface area contributed by atoms with Crippen LogP contribution < -0.4 is 9.62 Å². The van der Waals surface area contributed by atoms with E-state index in [4.69, 9.17) is 11.6 Å². The maximum absolute atomic E-state index is 14.0. The molecule has 0 saturated carbocycles. The van der Waals surface area contributed by atoms with Gasteiger partial charge in [-0.15, -0.1) is 0 Å². The Morgan fingerprint density at radius 3 is 2.12 bits per heavy atom. The van der Waals surface area contributed by atoms with Crippen molar-refractivity contribution in [1.82, 2.24) is 10.2 Å². The third kappa shape index (κ3) is 8.93. The van der Waals surface area contributed by atoms with Crippen LogP contribution >= 0.6 is 11.6 Å². The molecule has 3 rings (SSSR count). The first-order valence-electron chi connectivity index (χ1n) is 12.8. The van der Waals surface area contributed by atoms with E-state index in [0.29, 0.717) is 27.6 Å². The molecule has 0 unspecified atom stereocenters. The van der Waals surface area contributed by atoms with Crippen molar-refractivity contribution in [2.45, 2.75) is 45.1 Å². The molecule has 0 aliphatic heterocycles. The van der Waals surface area contributed by atoms with Crippen molar-refractivity contribution in [3.63, 3.8) is 0 Å². The fraction of sp³-hybridized carbons (Fsp3) is 0.310. The molecule has 1 atom stereocenters. The van der Waals surface area contributed by atoms with Gasteiger partial charge in [0.2, 0.25) is 21.8 Å². The summed E-state index contributed by atoms with van der Waals surface area (Å²) in [6, 6.07) is 14.6. The fourth-order valence-corrected chi connectivity index (χ4v) is 5.32. The molecule has 0 spiro atoms. The smallest absolute Gasteiger partial charge is 0.352 e. The van der Waals surface area contributed by atoms with Crippen LogP contribution in [0.25, 0.3) is 0 Å². The third-order valence-corrected chi connectivity index (χ3v) is 7.64. The van der Waals surface area contributed by atoms with Gasteiger partial charge < -0.3 is 10.2 Å². The largest absolute Gasteiger partial charge is 0.416 e. The molecule has 0 saturated heterocycles. The SMILES string of the molecule is CC(C)NC(=O)[C@H](Cc1ccccc1)N(Cc1ccc(F)cc1)C(=O)CN(c1cc(C(F)(F)F)ccc1Cl)S(C)(=O)=O. The highest BCUT2D eigenvalue weighted by atomic mass is 35.5. The van der Waals surface area contributed by atoms with Crippen molar-refractivity contribution < 1.29 is 35.6 Å². The number of anilines is 1. The van der Waals surface area contributed by atoms with E-state index in [1.807, 2.05) is 0 Å². The zero-order valence-corrected chi connectivity index (χ0v) is 24.6. The number of amides is 2. The van der Waals surface area contributed by atoms with Gasteiger partial charge in [0.25, 0.3) is 0 Å². The number of nitrogens with zero attached hydrogens (tertiary/aromatic N) is 2. The molecule has 13 heteroatoms. The van der Waals surface area contributed by atoms with Crippen LogP contribution in [-0.2, 0) is 38.8 Å². The summed E-state index contributed by atoms with van der Waals surface area (Å²) in [7, 11) is -4.35. The molecule has 226 valence electrons. The second-order valence-corrected chi connectivity index (χ2v) is 12.3. The van der Waals surface area contributed by atoms with Crippen molar-refractivity contribution in [3.8, 4) is 0 Å². The lowest BCUT2D eigenvalue weighted by molar-refractivity contribution is -0.140. The van der Waals surface area contributed by atoms with E-state index in [2.05, 4.69) is 5.32 Å². The zero-order valence-electron chi connectivity index (χ0n) is 23.0. The van der Waals surface area contributed by atoms with Crippen molar-refractivity contribution in [2.24, 2.45) is 0 Å². The lowest BCUT2D eigenvalue weighted by Crippen LogP contribution is -2.54. The Labute approximate surface area is 247 Å². The molecular weight excluding hydrogens is 598 g/mol. The first-order chi connectivity index (χ1) is 19.6. The number of carbonyl (C=O) groups is 2. The van der Waals surface area contributed by atoms with Gasteiger partial charge in [-0.25, -0.2) is 12.8 Å². The molecule has 0 aromatic heterocycles. The molecule has 2 amide bonds. The number of sulfonamides is 1. The van der Waals surface area contributed by atoms with Crippen molar-refractivity contribution in [3.05, 3.63) is 100 Å². The predicted molar refractivity (Wildman–Crippen MR) is 153 cm³/mol. The Hall–Kier alpha value is -3.64. The summed E-state index contributed by atoms with van der Waals surface area (Å²) in [5.41, 5.74) is -0.581. The monoisotopic (exact) mass is 627 g/mol. The second-order valence-electron chi connectivity index (χ2n) is 9.95. The normalized spacial score (nSPS) is 12.6. The summed E-state index contributed by atoms with van der Waals surface area (Å²) >= 11 is 6.13. The third-order valence-electron chi connectivity index (χ3n) is 6.19. The Morgan fingerprint density at radius 1 is 0.952 bits per heavy atom. The Morgan fingerprint density at radius 2 is 1.57 bits per heavy atom. The van der Waals surface area contributed by atoms with Crippen LogP contribution in [0.5, 0.6) is 0 Å². The molecule has 1 N–H and O–H groups in total. The number of nitrogens with one attached hydrogen (secondary N) is 1. The van der Waals surface area contributed by atoms with Gasteiger partial charge in [-0.3, -0.25) is 13.9 Å². The van der Waals surface area contributed by atoms with Crippen LogP contribution in [0.1, 0.15) is 30.5 Å². The summed E-state index contributed by atoms with van der Waals surface area (Å²) in [5.74, 6) is -1.96. The molecule has 0 bridgehead atoms. The highest BCUT2D eigenvalue weighted by Crippen LogP contribution is 2.36. The molecule has 3 aromatic rings. The van der Waals surface area contributed by atoms with E-state index in [1.165, 1.54) is 24.3 Å². The van der Waals surface area contributed by atoms with Gasteiger partial charge in [-0.2, -0.15) is 13.2 Å². The predicted octanol–water partition coefficient (Wildman–Crippen LogP) is 5.43. The van der Waals surface area contributed by atoms with Gasteiger partial charge in [-0.1, -0.05) is 54.1 Å². The van der Waals surface area contributed by atoms with Crippen LogP contribution in [0.3, 0.4) is 0 Å². The maximum Gasteiger partial charge on any atom is 0.416 e. The van der Waals surface area contributed by atoms with Crippen LogP contribution in [0, 0.1) is 5.82 Å². The van der Waals surface area contributed by atoms with E-state index in [1.54, 1.807) is 44.2 Å². The quantitative estimate of drug-likeness (QED) is 0.287. The van der Waals surface area contributed by atoms with E-state index in [-0.39, 0.29) is 24.0 Å². The van der Waals surface area contributed by atoms with Crippen LogP contribution in [-0.4, -0.2) is 50.0 Å². The van der Waals surface area contributed by atoms with Crippen LogP contribution in [0.15, 0.2) is 72.8 Å². The van der Waals surface area contributed by atoms with Crippen LogP contribution in [0.4, 0.5) is 23.2 Å². The average Bonchev–Trinajstić information content (AvgIpc) is 2.89. The van der Waals surface area contributed by atoms with Gasteiger partial charge in [-0.05, 0) is 55.3 Å². The van der Waals surface area contributed by atoms with E-state index in [0.717, 1.165) is 17.2 Å². The fourth-order valence-electron chi connectivity index (χ4n) is 4.20. The summed E-state index contributed by atoms with van der Waals surface area (Å²) in [4.78, 5) is 28.6. The van der Waals surface area contributed by atoms with Crippen molar-refractivity contribution >= 4 is 39.1 Å². The van der Waals surface area contributed by atoms with Crippen molar-refractivity contribution in [2.75, 3.05) is 17.1 Å². The minimum Gasteiger partial charge on any atom is -0.352 e. The zero-order chi connectivity index (χ0) is 31.2. The molecule has 0 aliphatic carbocycles. The summed E-state index contributed by atoms with van der Waals surface area (Å²) < 4.78 is 80.2. The minimum atomic E-state index is -4.81. The van der Waals surface area contributed by atoms with E-state index < -0.39 is 57.7 Å². The lowest BCUT2D eigenvalue weighted by atomic mass is 10.0. The molecular formula is C29H30ClF4N3O4S. The number of alkyl halides is 3. The standard InChI is InChI=1S/C29H30ClF4N3O4S/c1-19(2)35-28(39)26(15-20-7-5-4-6-8-20)36(17-21-9-12-23(31)13-10-21)27(38)18-37(42(3,40)41)25-16-22(29(32,33)34)11-14-24(25)30/h4-14,16,19,26H,15,17-18H2,1-3H3,(H,35,39)/t26-/m0/s1. The number of rotatable bonds is 11. The Kier molecular flexibility index (Phi) is 10.6. The van der Waals surface area contributed by atoms with Gasteiger partial charge in [0, 0.05) is 19.0 Å². The van der Waals surface area contributed by atoms with Crippen LogP contribution in [0.2, 0.25) is 5.02 Å². The molecule has 0 fully saturated rings. The van der Waals surface area contributed by atoms with Gasteiger partial charge in [0.05, 0.1) is 22.5 Å². The number of carbonyl (C=O) groups excluding carboxylic acids is 2.